The van der Waals surface area contributed by atoms with Crippen LogP contribution in [0.25, 0.3) is 0 Å². The molecule has 1 aliphatic rings. The van der Waals surface area contributed by atoms with Gasteiger partial charge in [-0.3, -0.25) is 4.98 Å². The van der Waals surface area contributed by atoms with E-state index in [2.05, 4.69) is 10.3 Å². The van der Waals surface area contributed by atoms with Crippen LogP contribution in [-0.2, 0) is 0 Å². The van der Waals surface area contributed by atoms with Crippen LogP contribution in [0.2, 0.25) is 0 Å². The lowest BCUT2D eigenvalue weighted by Gasteiger charge is -2.22. The summed E-state index contributed by atoms with van der Waals surface area (Å²) in [6, 6.07) is 3.80. The molecular weight excluding hydrogens is 212 g/mol. The summed E-state index contributed by atoms with van der Waals surface area (Å²) in [6.45, 7) is 2.33. The molecule has 1 aromatic rings. The molecule has 1 unspecified atom stereocenters. The molecule has 0 radical (unpaired) electrons. The Morgan fingerprint density at radius 3 is 2.71 bits per heavy atom. The molecule has 2 heterocycles. The van der Waals surface area contributed by atoms with Crippen molar-refractivity contribution in [3.8, 4) is 0 Å². The molecule has 94 valence electrons. The maximum absolute atomic E-state index is 10.0. The van der Waals surface area contributed by atoms with Crippen LogP contribution >= 0.6 is 0 Å². The fourth-order valence-electron chi connectivity index (χ4n) is 2.52. The number of piperidine rings is 1. The van der Waals surface area contributed by atoms with Crippen molar-refractivity contribution >= 4 is 0 Å². The van der Waals surface area contributed by atoms with Crippen molar-refractivity contribution in [1.29, 1.82) is 0 Å². The summed E-state index contributed by atoms with van der Waals surface area (Å²) in [5, 5.41) is 13.4. The van der Waals surface area contributed by atoms with Gasteiger partial charge in [-0.15, -0.1) is 0 Å². The van der Waals surface area contributed by atoms with Crippen LogP contribution in [0, 0.1) is 5.92 Å². The molecule has 0 spiro atoms. The molecule has 3 heteroatoms. The molecule has 0 aromatic carbocycles. The second kappa shape index (κ2) is 6.72. The van der Waals surface area contributed by atoms with Crippen molar-refractivity contribution in [3.05, 3.63) is 30.1 Å². The zero-order valence-corrected chi connectivity index (χ0v) is 10.3. The van der Waals surface area contributed by atoms with E-state index in [4.69, 9.17) is 0 Å². The average Bonchev–Trinajstić information content (AvgIpc) is 2.41. The molecule has 17 heavy (non-hydrogen) atoms. The number of aliphatic hydroxyl groups excluding tert-OH is 1. The summed E-state index contributed by atoms with van der Waals surface area (Å²) >= 11 is 0. The van der Waals surface area contributed by atoms with E-state index < -0.39 is 0 Å². The average molecular weight is 234 g/mol. The lowest BCUT2D eigenvalue weighted by Crippen LogP contribution is -2.27. The van der Waals surface area contributed by atoms with Crippen LogP contribution in [0.1, 0.15) is 43.8 Å². The zero-order valence-electron chi connectivity index (χ0n) is 10.3. The maximum atomic E-state index is 10.0. The number of hydrogen-bond donors (Lipinski definition) is 2. The molecule has 0 amide bonds. The first-order valence-electron chi connectivity index (χ1n) is 6.65. The Morgan fingerprint density at radius 2 is 2.00 bits per heavy atom. The molecule has 3 nitrogen and oxygen atoms in total. The number of nitrogens with one attached hydrogen (secondary N) is 1. The number of aromatic nitrogens is 1. The van der Waals surface area contributed by atoms with E-state index in [1.807, 2.05) is 12.1 Å². The van der Waals surface area contributed by atoms with Gasteiger partial charge in [0.15, 0.2) is 0 Å². The summed E-state index contributed by atoms with van der Waals surface area (Å²) in [5.74, 6) is 0.862. The lowest BCUT2D eigenvalue weighted by molar-refractivity contribution is 0.159. The van der Waals surface area contributed by atoms with Crippen molar-refractivity contribution in [1.82, 2.24) is 10.3 Å². The number of nitrogens with zero attached hydrogens (tertiary/aromatic N) is 1. The van der Waals surface area contributed by atoms with Crippen molar-refractivity contribution in [2.75, 3.05) is 13.1 Å². The Kier molecular flexibility index (Phi) is 4.95. The Morgan fingerprint density at radius 1 is 1.29 bits per heavy atom. The number of aliphatic hydroxyl groups is 1. The molecule has 1 fully saturated rings. The van der Waals surface area contributed by atoms with E-state index in [1.54, 1.807) is 12.4 Å². The Labute approximate surface area is 103 Å². The minimum Gasteiger partial charge on any atom is -0.388 e. The fraction of sp³-hybridized carbons (Fsp3) is 0.643. The predicted octanol–water partition coefficient (Wildman–Crippen LogP) is 2.28. The summed E-state index contributed by atoms with van der Waals surface area (Å²) in [7, 11) is 0. The largest absolute Gasteiger partial charge is 0.388 e. The van der Waals surface area contributed by atoms with E-state index in [9.17, 15) is 5.11 Å². The van der Waals surface area contributed by atoms with Gasteiger partial charge in [-0.2, -0.15) is 0 Å². The van der Waals surface area contributed by atoms with E-state index in [0.29, 0.717) is 0 Å². The smallest absolute Gasteiger partial charge is 0.0791 e. The highest BCUT2D eigenvalue weighted by atomic mass is 16.3. The van der Waals surface area contributed by atoms with Gasteiger partial charge in [0, 0.05) is 12.4 Å². The van der Waals surface area contributed by atoms with E-state index in [1.165, 1.54) is 19.3 Å². The predicted molar refractivity (Wildman–Crippen MR) is 68.6 cm³/mol. The Balaban J connectivity index is 1.67. The second-order valence-electron chi connectivity index (χ2n) is 4.92. The van der Waals surface area contributed by atoms with Crippen LogP contribution in [0.3, 0.4) is 0 Å². The number of rotatable bonds is 5. The molecule has 1 atom stereocenters. The minimum atomic E-state index is -0.320. The third kappa shape index (κ3) is 4.10. The van der Waals surface area contributed by atoms with Gasteiger partial charge < -0.3 is 10.4 Å². The van der Waals surface area contributed by atoms with E-state index >= 15 is 0 Å². The second-order valence-corrected chi connectivity index (χ2v) is 4.92. The molecule has 0 saturated carbocycles. The Hall–Kier alpha value is -0.930. The third-order valence-corrected chi connectivity index (χ3v) is 3.64. The first-order chi connectivity index (χ1) is 8.36. The molecule has 0 bridgehead atoms. The maximum Gasteiger partial charge on any atom is 0.0791 e. The third-order valence-electron chi connectivity index (χ3n) is 3.64. The van der Waals surface area contributed by atoms with E-state index in [-0.39, 0.29) is 6.10 Å². The van der Waals surface area contributed by atoms with Gasteiger partial charge in [0.1, 0.15) is 0 Å². The quantitative estimate of drug-likeness (QED) is 0.821. The Bertz CT molecular complexity index is 309. The van der Waals surface area contributed by atoms with Crippen molar-refractivity contribution in [2.24, 2.45) is 5.92 Å². The summed E-state index contributed by atoms with van der Waals surface area (Å²) in [4.78, 5) is 3.96. The van der Waals surface area contributed by atoms with Crippen molar-refractivity contribution in [3.63, 3.8) is 0 Å². The number of hydrogen-bond acceptors (Lipinski definition) is 3. The van der Waals surface area contributed by atoms with Gasteiger partial charge in [0.2, 0.25) is 0 Å². The molecule has 2 rings (SSSR count). The monoisotopic (exact) mass is 234 g/mol. The molecule has 0 aliphatic carbocycles. The zero-order chi connectivity index (χ0) is 11.9. The fourth-order valence-corrected chi connectivity index (χ4v) is 2.52. The lowest BCUT2D eigenvalue weighted by atomic mass is 9.91. The van der Waals surface area contributed by atoms with Gasteiger partial charge in [-0.05, 0) is 56.0 Å². The molecule has 1 aliphatic heterocycles. The molecule has 2 N–H and O–H groups in total. The molecule has 1 aromatic heterocycles. The van der Waals surface area contributed by atoms with Gasteiger partial charge >= 0.3 is 0 Å². The minimum absolute atomic E-state index is 0.320. The standard InChI is InChI=1S/C14H22N2O/c17-14(13-6-10-16-11-7-13)3-1-2-12-4-8-15-9-5-12/h6-7,10-12,14-15,17H,1-5,8-9H2. The van der Waals surface area contributed by atoms with Gasteiger partial charge in [-0.25, -0.2) is 0 Å². The highest BCUT2D eigenvalue weighted by Crippen LogP contribution is 2.23. The highest BCUT2D eigenvalue weighted by molar-refractivity contribution is 5.12. The van der Waals surface area contributed by atoms with Crippen LogP contribution in [0.15, 0.2) is 24.5 Å². The molecule has 1 saturated heterocycles. The van der Waals surface area contributed by atoms with Gasteiger partial charge in [0.25, 0.3) is 0 Å². The van der Waals surface area contributed by atoms with Crippen molar-refractivity contribution in [2.45, 2.75) is 38.2 Å². The normalized spacial score (nSPS) is 19.1. The summed E-state index contributed by atoms with van der Waals surface area (Å²) in [6.07, 6.45) is 9.00. The topological polar surface area (TPSA) is 45.1 Å². The van der Waals surface area contributed by atoms with Crippen LogP contribution in [0.5, 0.6) is 0 Å². The summed E-state index contributed by atoms with van der Waals surface area (Å²) < 4.78 is 0. The van der Waals surface area contributed by atoms with Gasteiger partial charge in [-0.1, -0.05) is 12.8 Å². The van der Waals surface area contributed by atoms with Crippen LogP contribution < -0.4 is 5.32 Å². The van der Waals surface area contributed by atoms with Crippen molar-refractivity contribution < 1.29 is 5.11 Å². The van der Waals surface area contributed by atoms with Crippen LogP contribution in [0.4, 0.5) is 0 Å². The molecular formula is C14H22N2O. The van der Waals surface area contributed by atoms with E-state index in [0.717, 1.165) is 37.4 Å². The highest BCUT2D eigenvalue weighted by Gasteiger charge is 2.13. The first kappa shape index (κ1) is 12.5. The SMILES string of the molecule is OC(CCCC1CCNCC1)c1ccncc1. The van der Waals surface area contributed by atoms with Crippen LogP contribution in [-0.4, -0.2) is 23.2 Å². The first-order valence-corrected chi connectivity index (χ1v) is 6.65. The number of pyridine rings is 1. The van der Waals surface area contributed by atoms with Gasteiger partial charge in [0.05, 0.1) is 6.10 Å². The summed E-state index contributed by atoms with van der Waals surface area (Å²) in [5.41, 5.74) is 0.991.